The number of amides is 1. The van der Waals surface area contributed by atoms with E-state index in [1.807, 2.05) is 32.9 Å². The van der Waals surface area contributed by atoms with Crippen LogP contribution in [-0.2, 0) is 11.3 Å². The van der Waals surface area contributed by atoms with Crippen LogP contribution in [0.25, 0.3) is 0 Å². The zero-order chi connectivity index (χ0) is 15.5. The lowest BCUT2D eigenvalue weighted by atomic mass is 10.1. The molecule has 6 heteroatoms. The number of halogens is 2. The predicted molar refractivity (Wildman–Crippen MR) is 87.7 cm³/mol. The van der Waals surface area contributed by atoms with E-state index in [2.05, 4.69) is 37.2 Å². The molecule has 0 bridgehead atoms. The molecule has 112 valence electrons. The highest BCUT2D eigenvalue weighted by Gasteiger charge is 2.22. The fraction of sp³-hybridized carbons (Fsp3) is 0.500. The number of carbonyl (C=O) groups is 1. The summed E-state index contributed by atoms with van der Waals surface area (Å²) in [6.07, 6.45) is -0.592. The number of carbonyl (C=O) groups excluding carboxylic acids is 1. The van der Waals surface area contributed by atoms with Gasteiger partial charge in [-0.1, -0.05) is 0 Å². The van der Waals surface area contributed by atoms with E-state index < -0.39 is 6.10 Å². The van der Waals surface area contributed by atoms with E-state index in [1.165, 1.54) is 0 Å². The molecule has 0 heterocycles. The van der Waals surface area contributed by atoms with Gasteiger partial charge in [0.25, 0.3) is 5.91 Å². The monoisotopic (exact) mass is 406 g/mol. The summed E-state index contributed by atoms with van der Waals surface area (Å²) in [4.78, 5) is 12.0. The van der Waals surface area contributed by atoms with Gasteiger partial charge in [-0.25, -0.2) is 0 Å². The third-order valence-corrected chi connectivity index (χ3v) is 3.63. The van der Waals surface area contributed by atoms with Crippen molar-refractivity contribution in [3.63, 3.8) is 0 Å². The first-order valence-corrected chi connectivity index (χ1v) is 7.89. The molecule has 0 aliphatic carbocycles. The lowest BCUT2D eigenvalue weighted by molar-refractivity contribution is -0.128. The van der Waals surface area contributed by atoms with Crippen molar-refractivity contribution in [3.05, 3.63) is 26.6 Å². The van der Waals surface area contributed by atoms with Crippen LogP contribution in [0.15, 0.2) is 21.1 Å². The molecule has 0 aliphatic heterocycles. The minimum Gasteiger partial charge on any atom is -0.479 e. The number of hydrogen-bond donors (Lipinski definition) is 2. The average molecular weight is 408 g/mol. The van der Waals surface area contributed by atoms with Crippen molar-refractivity contribution >= 4 is 37.8 Å². The molecule has 3 N–H and O–H groups in total. The summed E-state index contributed by atoms with van der Waals surface area (Å²) in [6.45, 7) is 7.95. The molecule has 1 unspecified atom stereocenters. The molecule has 1 aromatic rings. The van der Waals surface area contributed by atoms with Gasteiger partial charge in [0.05, 0.1) is 8.95 Å². The van der Waals surface area contributed by atoms with Crippen molar-refractivity contribution in [2.45, 2.75) is 45.9 Å². The molecule has 0 saturated carbocycles. The topological polar surface area (TPSA) is 64.3 Å². The third-order valence-electron chi connectivity index (χ3n) is 2.46. The van der Waals surface area contributed by atoms with Crippen molar-refractivity contribution in [3.8, 4) is 5.75 Å². The number of benzene rings is 1. The van der Waals surface area contributed by atoms with E-state index in [0.717, 1.165) is 14.5 Å². The van der Waals surface area contributed by atoms with Gasteiger partial charge in [0.15, 0.2) is 6.10 Å². The molecule has 1 aromatic carbocycles. The summed E-state index contributed by atoms with van der Waals surface area (Å²) in [5.74, 6) is 0.443. The van der Waals surface area contributed by atoms with E-state index in [-0.39, 0.29) is 11.4 Å². The van der Waals surface area contributed by atoms with Gasteiger partial charge in [-0.15, -0.1) is 0 Å². The molecule has 0 spiro atoms. The van der Waals surface area contributed by atoms with Crippen LogP contribution in [0.3, 0.4) is 0 Å². The Labute approximate surface area is 136 Å². The van der Waals surface area contributed by atoms with Crippen LogP contribution < -0.4 is 15.8 Å². The second kappa shape index (κ2) is 6.91. The van der Waals surface area contributed by atoms with Crippen LogP contribution in [0.5, 0.6) is 5.75 Å². The highest BCUT2D eigenvalue weighted by Crippen LogP contribution is 2.35. The van der Waals surface area contributed by atoms with Gasteiger partial charge >= 0.3 is 0 Å². The molecule has 1 amide bonds. The minimum atomic E-state index is -0.592. The van der Waals surface area contributed by atoms with Gasteiger partial charge in [-0.3, -0.25) is 4.79 Å². The summed E-state index contributed by atoms with van der Waals surface area (Å²) in [7, 11) is 0. The summed E-state index contributed by atoms with van der Waals surface area (Å²) in [6, 6.07) is 3.77. The number of hydrogen-bond acceptors (Lipinski definition) is 3. The van der Waals surface area contributed by atoms with Crippen LogP contribution in [-0.4, -0.2) is 17.6 Å². The van der Waals surface area contributed by atoms with Crippen molar-refractivity contribution in [1.29, 1.82) is 0 Å². The van der Waals surface area contributed by atoms with Gasteiger partial charge in [0, 0.05) is 12.1 Å². The first kappa shape index (κ1) is 17.5. The zero-order valence-electron chi connectivity index (χ0n) is 12.1. The number of ether oxygens (including phenoxy) is 1. The van der Waals surface area contributed by atoms with Crippen molar-refractivity contribution in [2.24, 2.45) is 5.73 Å². The smallest absolute Gasteiger partial charge is 0.261 e. The standard InChI is InChI=1S/C14H20Br2N2O2/c1-8(13(19)18-14(2,3)4)20-12-10(15)5-9(7-17)6-11(12)16/h5-6,8H,7,17H2,1-4H3,(H,18,19). The maximum Gasteiger partial charge on any atom is 0.261 e. The van der Waals surface area contributed by atoms with Crippen molar-refractivity contribution in [1.82, 2.24) is 5.32 Å². The van der Waals surface area contributed by atoms with E-state index in [1.54, 1.807) is 6.92 Å². The Kier molecular flexibility index (Phi) is 6.04. The summed E-state index contributed by atoms with van der Waals surface area (Å²) in [5, 5.41) is 2.89. The molecule has 1 atom stereocenters. The van der Waals surface area contributed by atoms with E-state index in [0.29, 0.717) is 12.3 Å². The molecule has 0 aromatic heterocycles. The molecule has 0 radical (unpaired) electrons. The Hall–Kier alpha value is -0.590. The second-order valence-corrected chi connectivity index (χ2v) is 7.30. The summed E-state index contributed by atoms with van der Waals surface area (Å²) < 4.78 is 7.27. The summed E-state index contributed by atoms with van der Waals surface area (Å²) in [5.41, 5.74) is 6.30. The second-order valence-electron chi connectivity index (χ2n) is 5.59. The van der Waals surface area contributed by atoms with Gasteiger partial charge in [-0.05, 0) is 77.3 Å². The summed E-state index contributed by atoms with van der Waals surface area (Å²) >= 11 is 6.87. The highest BCUT2D eigenvalue weighted by molar-refractivity contribution is 9.11. The zero-order valence-corrected chi connectivity index (χ0v) is 15.3. The van der Waals surface area contributed by atoms with Gasteiger partial charge in [-0.2, -0.15) is 0 Å². The lowest BCUT2D eigenvalue weighted by Crippen LogP contribution is -2.46. The minimum absolute atomic E-state index is 0.154. The largest absolute Gasteiger partial charge is 0.479 e. The Morgan fingerprint density at radius 2 is 1.85 bits per heavy atom. The normalized spacial score (nSPS) is 12.9. The average Bonchev–Trinajstić information content (AvgIpc) is 2.30. The van der Waals surface area contributed by atoms with Crippen LogP contribution in [0, 0.1) is 0 Å². The Bertz CT molecular complexity index is 475. The maximum atomic E-state index is 12.0. The van der Waals surface area contributed by atoms with Crippen LogP contribution in [0.2, 0.25) is 0 Å². The quantitative estimate of drug-likeness (QED) is 0.804. The Balaban J connectivity index is 2.86. The van der Waals surface area contributed by atoms with Crippen LogP contribution in [0.4, 0.5) is 0 Å². The Morgan fingerprint density at radius 3 is 2.25 bits per heavy atom. The highest BCUT2D eigenvalue weighted by atomic mass is 79.9. The molecule has 4 nitrogen and oxygen atoms in total. The molecule has 0 aliphatic rings. The first-order chi connectivity index (χ1) is 9.14. The molecular formula is C14H20Br2N2O2. The number of nitrogens with two attached hydrogens (primary N) is 1. The lowest BCUT2D eigenvalue weighted by Gasteiger charge is -2.24. The maximum absolute atomic E-state index is 12.0. The molecule has 20 heavy (non-hydrogen) atoms. The van der Waals surface area contributed by atoms with Crippen LogP contribution >= 0.6 is 31.9 Å². The molecule has 0 saturated heterocycles. The number of rotatable bonds is 4. The predicted octanol–water partition coefficient (Wildman–Crippen LogP) is 3.35. The van der Waals surface area contributed by atoms with Gasteiger partial charge in [0.1, 0.15) is 5.75 Å². The third kappa shape index (κ3) is 5.07. The van der Waals surface area contributed by atoms with Gasteiger partial charge < -0.3 is 15.8 Å². The van der Waals surface area contributed by atoms with Crippen molar-refractivity contribution in [2.75, 3.05) is 0 Å². The van der Waals surface area contributed by atoms with E-state index in [4.69, 9.17) is 10.5 Å². The van der Waals surface area contributed by atoms with Gasteiger partial charge in [0.2, 0.25) is 0 Å². The van der Waals surface area contributed by atoms with E-state index >= 15 is 0 Å². The first-order valence-electron chi connectivity index (χ1n) is 6.30. The fourth-order valence-electron chi connectivity index (χ4n) is 1.54. The van der Waals surface area contributed by atoms with Crippen LogP contribution in [0.1, 0.15) is 33.3 Å². The molecule has 0 fully saturated rings. The van der Waals surface area contributed by atoms with E-state index in [9.17, 15) is 4.79 Å². The number of nitrogens with one attached hydrogen (secondary N) is 1. The SMILES string of the molecule is CC(Oc1c(Br)cc(CN)cc1Br)C(=O)NC(C)(C)C. The fourth-order valence-corrected chi connectivity index (χ4v) is 3.01. The molecular weight excluding hydrogens is 388 g/mol. The van der Waals surface area contributed by atoms with Crippen molar-refractivity contribution < 1.29 is 9.53 Å². The molecule has 1 rings (SSSR count). The Morgan fingerprint density at radius 1 is 1.35 bits per heavy atom.